The summed E-state index contributed by atoms with van der Waals surface area (Å²) in [6, 6.07) is 15.9. The minimum atomic E-state index is -0.0704. The van der Waals surface area contributed by atoms with E-state index >= 15 is 0 Å². The molecule has 2 aliphatic rings. The Morgan fingerprint density at radius 1 is 0.906 bits per heavy atom. The summed E-state index contributed by atoms with van der Waals surface area (Å²) in [4.78, 5) is 18.3. The smallest absolute Gasteiger partial charge is 0.256 e. The number of aryl methyl sites for hydroxylation is 2. The molecule has 1 aliphatic carbocycles. The Morgan fingerprint density at radius 3 is 2.81 bits per heavy atom. The SMILES string of the molecule is O=C(Nc1cccc(-c2nnc3n2CCCCC3)c1)c1c2c(nc3ccccc13)CCC2. The van der Waals surface area contributed by atoms with Crippen molar-refractivity contribution in [1.29, 1.82) is 0 Å². The Kier molecular flexibility index (Phi) is 4.71. The van der Waals surface area contributed by atoms with E-state index in [1.807, 2.05) is 48.5 Å². The second-order valence-corrected chi connectivity index (χ2v) is 8.72. The van der Waals surface area contributed by atoms with Crippen LogP contribution >= 0.6 is 0 Å². The van der Waals surface area contributed by atoms with E-state index in [0.717, 1.165) is 89.3 Å². The highest BCUT2D eigenvalue weighted by Crippen LogP contribution is 2.31. The predicted octanol–water partition coefficient (Wildman–Crippen LogP) is 4.96. The van der Waals surface area contributed by atoms with Gasteiger partial charge in [0.05, 0.1) is 11.1 Å². The van der Waals surface area contributed by atoms with Gasteiger partial charge in [-0.1, -0.05) is 36.8 Å². The van der Waals surface area contributed by atoms with Crippen molar-refractivity contribution >= 4 is 22.5 Å². The van der Waals surface area contributed by atoms with Crippen molar-refractivity contribution in [3.05, 3.63) is 71.2 Å². The zero-order valence-electron chi connectivity index (χ0n) is 18.0. The van der Waals surface area contributed by atoms with Crippen molar-refractivity contribution < 1.29 is 4.79 Å². The fourth-order valence-corrected chi connectivity index (χ4v) is 5.10. The lowest BCUT2D eigenvalue weighted by atomic mass is 10.0. The number of aromatic nitrogens is 4. The molecule has 0 saturated carbocycles. The lowest BCUT2D eigenvalue weighted by molar-refractivity contribution is 0.102. The number of nitrogens with one attached hydrogen (secondary N) is 1. The molecule has 1 aliphatic heterocycles. The van der Waals surface area contributed by atoms with Gasteiger partial charge in [-0.25, -0.2) is 0 Å². The molecule has 2 aromatic heterocycles. The van der Waals surface area contributed by atoms with Crippen molar-refractivity contribution in [2.24, 2.45) is 0 Å². The second-order valence-electron chi connectivity index (χ2n) is 8.72. The average molecular weight is 424 g/mol. The summed E-state index contributed by atoms with van der Waals surface area (Å²) >= 11 is 0. The van der Waals surface area contributed by atoms with Gasteiger partial charge in [0.15, 0.2) is 5.82 Å². The molecule has 0 atom stereocenters. The van der Waals surface area contributed by atoms with Crippen LogP contribution in [0.2, 0.25) is 0 Å². The minimum Gasteiger partial charge on any atom is -0.322 e. The van der Waals surface area contributed by atoms with Gasteiger partial charge in [-0.15, -0.1) is 10.2 Å². The lowest BCUT2D eigenvalue weighted by Crippen LogP contribution is -2.16. The molecular weight excluding hydrogens is 398 g/mol. The van der Waals surface area contributed by atoms with Gasteiger partial charge in [0.2, 0.25) is 0 Å². The number of benzene rings is 2. The van der Waals surface area contributed by atoms with Gasteiger partial charge in [0, 0.05) is 35.3 Å². The molecule has 160 valence electrons. The van der Waals surface area contributed by atoms with Crippen LogP contribution in [0.15, 0.2) is 48.5 Å². The van der Waals surface area contributed by atoms with Crippen LogP contribution < -0.4 is 5.32 Å². The largest absolute Gasteiger partial charge is 0.322 e. The maximum absolute atomic E-state index is 13.5. The summed E-state index contributed by atoms with van der Waals surface area (Å²) in [5, 5.41) is 13.0. The normalized spacial score (nSPS) is 15.2. The first-order chi connectivity index (χ1) is 15.8. The van der Waals surface area contributed by atoms with E-state index in [4.69, 9.17) is 4.98 Å². The first kappa shape index (κ1) is 19.2. The summed E-state index contributed by atoms with van der Waals surface area (Å²) in [5.41, 5.74) is 5.57. The van der Waals surface area contributed by atoms with Gasteiger partial charge in [0.25, 0.3) is 5.91 Å². The molecule has 3 heterocycles. The molecular formula is C26H25N5O. The Balaban J connectivity index is 1.36. The average Bonchev–Trinajstić information content (AvgIpc) is 3.37. The van der Waals surface area contributed by atoms with Crippen molar-refractivity contribution in [1.82, 2.24) is 19.7 Å². The highest BCUT2D eigenvalue weighted by molar-refractivity contribution is 6.13. The van der Waals surface area contributed by atoms with Crippen LogP contribution in [0, 0.1) is 0 Å². The molecule has 1 N–H and O–H groups in total. The zero-order chi connectivity index (χ0) is 21.5. The van der Waals surface area contributed by atoms with Gasteiger partial charge in [-0.2, -0.15) is 0 Å². The number of hydrogen-bond acceptors (Lipinski definition) is 4. The maximum atomic E-state index is 13.5. The van der Waals surface area contributed by atoms with Crippen LogP contribution in [0.4, 0.5) is 5.69 Å². The lowest BCUT2D eigenvalue weighted by Gasteiger charge is -2.13. The van der Waals surface area contributed by atoms with E-state index in [2.05, 4.69) is 20.1 Å². The van der Waals surface area contributed by atoms with Gasteiger partial charge in [-0.3, -0.25) is 9.78 Å². The number of rotatable bonds is 3. The molecule has 0 unspecified atom stereocenters. The number of pyridine rings is 1. The summed E-state index contributed by atoms with van der Waals surface area (Å²) < 4.78 is 2.23. The molecule has 6 rings (SSSR count). The number of carbonyl (C=O) groups excluding carboxylic acids is 1. The number of amides is 1. The fourth-order valence-electron chi connectivity index (χ4n) is 5.10. The van der Waals surface area contributed by atoms with Crippen molar-refractivity contribution in [2.45, 2.75) is 51.5 Å². The Bertz CT molecular complexity index is 1340. The van der Waals surface area contributed by atoms with Gasteiger partial charge < -0.3 is 9.88 Å². The maximum Gasteiger partial charge on any atom is 0.256 e. The molecule has 6 heteroatoms. The summed E-state index contributed by atoms with van der Waals surface area (Å²) in [6.07, 6.45) is 7.40. The number of hydrogen-bond donors (Lipinski definition) is 1. The first-order valence-electron chi connectivity index (χ1n) is 11.5. The summed E-state index contributed by atoms with van der Waals surface area (Å²) in [7, 11) is 0. The molecule has 4 aromatic rings. The third-order valence-corrected chi connectivity index (χ3v) is 6.63. The van der Waals surface area contributed by atoms with Crippen molar-refractivity contribution in [3.8, 4) is 11.4 Å². The summed E-state index contributed by atoms with van der Waals surface area (Å²) in [6.45, 7) is 0.948. The topological polar surface area (TPSA) is 72.7 Å². The summed E-state index contributed by atoms with van der Waals surface area (Å²) in [5.74, 6) is 1.87. The van der Waals surface area contributed by atoms with Crippen molar-refractivity contribution in [3.63, 3.8) is 0 Å². The van der Waals surface area contributed by atoms with Crippen molar-refractivity contribution in [2.75, 3.05) is 5.32 Å². The van der Waals surface area contributed by atoms with Crippen LogP contribution in [0.5, 0.6) is 0 Å². The molecule has 0 fully saturated rings. The first-order valence-corrected chi connectivity index (χ1v) is 11.5. The van der Waals surface area contributed by atoms with E-state index in [-0.39, 0.29) is 5.91 Å². The van der Waals surface area contributed by atoms with Crippen LogP contribution in [0.25, 0.3) is 22.3 Å². The van der Waals surface area contributed by atoms with Crippen LogP contribution in [-0.2, 0) is 25.8 Å². The number of para-hydroxylation sites is 1. The Hall–Kier alpha value is -3.54. The predicted molar refractivity (Wildman–Crippen MR) is 125 cm³/mol. The van der Waals surface area contributed by atoms with Crippen LogP contribution in [0.3, 0.4) is 0 Å². The molecule has 0 saturated heterocycles. The minimum absolute atomic E-state index is 0.0704. The van der Waals surface area contributed by atoms with Crippen LogP contribution in [0.1, 0.15) is 53.1 Å². The van der Waals surface area contributed by atoms with E-state index in [9.17, 15) is 4.79 Å². The molecule has 32 heavy (non-hydrogen) atoms. The number of anilines is 1. The van der Waals surface area contributed by atoms with E-state index in [1.54, 1.807) is 0 Å². The van der Waals surface area contributed by atoms with E-state index in [0.29, 0.717) is 0 Å². The van der Waals surface area contributed by atoms with Crippen LogP contribution in [-0.4, -0.2) is 25.7 Å². The fraction of sp³-hybridized carbons (Fsp3) is 0.308. The Labute approximate surface area is 186 Å². The number of fused-ring (bicyclic) bond motifs is 3. The number of carbonyl (C=O) groups is 1. The second kappa shape index (κ2) is 7.86. The Morgan fingerprint density at radius 2 is 1.84 bits per heavy atom. The van der Waals surface area contributed by atoms with Gasteiger partial charge in [-0.05, 0) is 55.9 Å². The van der Waals surface area contributed by atoms with Gasteiger partial charge >= 0.3 is 0 Å². The molecule has 0 spiro atoms. The molecule has 0 bridgehead atoms. The highest BCUT2D eigenvalue weighted by Gasteiger charge is 2.24. The van der Waals surface area contributed by atoms with E-state index < -0.39 is 0 Å². The standard InChI is InChI=1S/C26H25N5O/c32-26(24-19-10-3-4-12-21(19)28-22-13-7-11-20(22)24)27-18-9-6-8-17(16-18)25-30-29-23-14-2-1-5-15-31(23)25/h3-4,6,8-10,12,16H,1-2,5,7,11,13-15H2,(H,27,32). The van der Waals surface area contributed by atoms with E-state index in [1.165, 1.54) is 12.8 Å². The third kappa shape index (κ3) is 3.27. The molecule has 0 radical (unpaired) electrons. The van der Waals surface area contributed by atoms with Gasteiger partial charge in [0.1, 0.15) is 5.82 Å². The monoisotopic (exact) mass is 423 g/mol. The third-order valence-electron chi connectivity index (χ3n) is 6.63. The molecule has 6 nitrogen and oxygen atoms in total. The molecule has 2 aromatic carbocycles. The number of nitrogens with zero attached hydrogens (tertiary/aromatic N) is 4. The zero-order valence-corrected chi connectivity index (χ0v) is 18.0. The highest BCUT2D eigenvalue weighted by atomic mass is 16.1. The quantitative estimate of drug-likeness (QED) is 0.505. The molecule has 1 amide bonds.